The highest BCUT2D eigenvalue weighted by Crippen LogP contribution is 2.23. The zero-order chi connectivity index (χ0) is 13.5. The van der Waals surface area contributed by atoms with Gasteiger partial charge in [0.2, 0.25) is 0 Å². The van der Waals surface area contributed by atoms with Gasteiger partial charge in [0.15, 0.2) is 6.61 Å². The molecular formula is C14H13BrN2O2. The molecule has 1 N–H and O–H groups in total. The molecule has 0 fully saturated rings. The van der Waals surface area contributed by atoms with Gasteiger partial charge in [-0.1, -0.05) is 18.2 Å². The summed E-state index contributed by atoms with van der Waals surface area (Å²) < 4.78 is 6.24. The van der Waals surface area contributed by atoms with Crippen molar-refractivity contribution in [2.24, 2.45) is 0 Å². The largest absolute Gasteiger partial charge is 0.483 e. The molecule has 0 saturated heterocycles. The summed E-state index contributed by atoms with van der Waals surface area (Å²) in [7, 11) is 0. The van der Waals surface area contributed by atoms with Crippen molar-refractivity contribution in [3.63, 3.8) is 0 Å². The van der Waals surface area contributed by atoms with Crippen LogP contribution in [-0.4, -0.2) is 17.5 Å². The Bertz CT molecular complexity index is 546. The first-order valence-electron chi connectivity index (χ1n) is 5.78. The van der Waals surface area contributed by atoms with E-state index in [4.69, 9.17) is 4.74 Å². The Hall–Kier alpha value is -1.88. The van der Waals surface area contributed by atoms with Gasteiger partial charge in [-0.3, -0.25) is 9.78 Å². The Labute approximate surface area is 119 Å². The molecule has 4 nitrogen and oxygen atoms in total. The molecule has 0 bridgehead atoms. The van der Waals surface area contributed by atoms with E-state index in [0.717, 1.165) is 10.0 Å². The Balaban J connectivity index is 1.78. The number of hydrogen-bond donors (Lipinski definition) is 1. The van der Waals surface area contributed by atoms with Crippen LogP contribution in [0.5, 0.6) is 5.75 Å². The van der Waals surface area contributed by atoms with E-state index < -0.39 is 0 Å². The maximum absolute atomic E-state index is 11.6. The van der Waals surface area contributed by atoms with Crippen molar-refractivity contribution in [1.29, 1.82) is 0 Å². The van der Waals surface area contributed by atoms with Gasteiger partial charge in [0, 0.05) is 18.9 Å². The number of carbonyl (C=O) groups is 1. The summed E-state index contributed by atoms with van der Waals surface area (Å²) in [6.45, 7) is 0.439. The fourth-order valence-electron chi connectivity index (χ4n) is 1.46. The van der Waals surface area contributed by atoms with Crippen LogP contribution >= 0.6 is 15.9 Å². The Morgan fingerprint density at radius 3 is 2.84 bits per heavy atom. The summed E-state index contributed by atoms with van der Waals surface area (Å²) >= 11 is 3.36. The van der Waals surface area contributed by atoms with E-state index in [1.807, 2.05) is 30.3 Å². The monoisotopic (exact) mass is 320 g/mol. The first kappa shape index (κ1) is 13.5. The molecule has 19 heavy (non-hydrogen) atoms. The zero-order valence-corrected chi connectivity index (χ0v) is 11.8. The Morgan fingerprint density at radius 2 is 2.11 bits per heavy atom. The molecule has 2 aromatic rings. The Kier molecular flexibility index (Phi) is 4.92. The van der Waals surface area contributed by atoms with Crippen LogP contribution in [-0.2, 0) is 11.3 Å². The second-order valence-corrected chi connectivity index (χ2v) is 4.71. The molecule has 0 aliphatic carbocycles. The quantitative estimate of drug-likeness (QED) is 0.921. The van der Waals surface area contributed by atoms with Gasteiger partial charge >= 0.3 is 0 Å². The van der Waals surface area contributed by atoms with Gasteiger partial charge in [0.25, 0.3) is 5.91 Å². The summed E-state index contributed by atoms with van der Waals surface area (Å²) in [5, 5.41) is 2.77. The molecule has 2 rings (SSSR count). The van der Waals surface area contributed by atoms with Crippen molar-refractivity contribution in [1.82, 2.24) is 10.3 Å². The lowest BCUT2D eigenvalue weighted by atomic mass is 10.3. The number of pyridine rings is 1. The molecule has 98 valence electrons. The summed E-state index contributed by atoms with van der Waals surface area (Å²) in [6, 6.07) is 11.1. The van der Waals surface area contributed by atoms with E-state index in [1.165, 1.54) is 0 Å². The van der Waals surface area contributed by atoms with Gasteiger partial charge in [-0.2, -0.15) is 0 Å². The lowest BCUT2D eigenvalue weighted by Crippen LogP contribution is -2.28. The Morgan fingerprint density at radius 1 is 1.26 bits per heavy atom. The summed E-state index contributed by atoms with van der Waals surface area (Å²) in [4.78, 5) is 15.6. The average molecular weight is 321 g/mol. The molecule has 0 radical (unpaired) electrons. The number of nitrogens with one attached hydrogen (secondary N) is 1. The predicted octanol–water partition coefficient (Wildman–Crippen LogP) is 2.54. The first-order chi connectivity index (χ1) is 9.25. The fraction of sp³-hybridized carbons (Fsp3) is 0.143. The van der Waals surface area contributed by atoms with Crippen LogP contribution in [0, 0.1) is 0 Å². The topological polar surface area (TPSA) is 51.2 Å². The van der Waals surface area contributed by atoms with Crippen molar-refractivity contribution in [3.05, 3.63) is 58.8 Å². The molecule has 0 atom stereocenters. The van der Waals surface area contributed by atoms with Crippen LogP contribution in [0.25, 0.3) is 0 Å². The zero-order valence-electron chi connectivity index (χ0n) is 10.2. The van der Waals surface area contributed by atoms with E-state index in [1.54, 1.807) is 18.5 Å². The van der Waals surface area contributed by atoms with Crippen LogP contribution in [0.4, 0.5) is 0 Å². The molecule has 0 saturated carbocycles. The second kappa shape index (κ2) is 6.89. The molecule has 5 heteroatoms. The van der Waals surface area contributed by atoms with Crippen molar-refractivity contribution in [2.45, 2.75) is 6.54 Å². The third kappa shape index (κ3) is 4.37. The standard InChI is InChI=1S/C14H13BrN2O2/c15-12-5-1-2-6-13(12)19-10-14(18)17-9-11-4-3-7-16-8-11/h1-8H,9-10H2,(H,17,18). The molecule has 1 amide bonds. The van der Waals surface area contributed by atoms with Crippen molar-refractivity contribution in [3.8, 4) is 5.75 Å². The van der Waals surface area contributed by atoms with Gasteiger partial charge in [0.1, 0.15) is 5.75 Å². The number of halogens is 1. The molecule has 0 aliphatic rings. The molecule has 1 heterocycles. The third-order valence-electron chi connectivity index (χ3n) is 2.41. The number of aromatic nitrogens is 1. The van der Waals surface area contributed by atoms with Crippen LogP contribution in [0.15, 0.2) is 53.3 Å². The maximum Gasteiger partial charge on any atom is 0.258 e. The minimum Gasteiger partial charge on any atom is -0.483 e. The van der Waals surface area contributed by atoms with Crippen LogP contribution in [0.2, 0.25) is 0 Å². The van der Waals surface area contributed by atoms with Crippen molar-refractivity contribution >= 4 is 21.8 Å². The third-order valence-corrected chi connectivity index (χ3v) is 3.06. The van der Waals surface area contributed by atoms with Crippen molar-refractivity contribution in [2.75, 3.05) is 6.61 Å². The van der Waals surface area contributed by atoms with Crippen molar-refractivity contribution < 1.29 is 9.53 Å². The smallest absolute Gasteiger partial charge is 0.258 e. The number of benzene rings is 1. The van der Waals surface area contributed by atoms with Gasteiger partial charge < -0.3 is 10.1 Å². The number of para-hydroxylation sites is 1. The number of ether oxygens (including phenoxy) is 1. The van der Waals surface area contributed by atoms with Gasteiger partial charge in [-0.25, -0.2) is 0 Å². The van der Waals surface area contributed by atoms with Gasteiger partial charge in [-0.15, -0.1) is 0 Å². The van der Waals surface area contributed by atoms with E-state index >= 15 is 0 Å². The lowest BCUT2D eigenvalue weighted by Gasteiger charge is -2.08. The minimum absolute atomic E-state index is 0.0110. The van der Waals surface area contributed by atoms with E-state index in [0.29, 0.717) is 12.3 Å². The van der Waals surface area contributed by atoms with Gasteiger partial charge in [-0.05, 0) is 39.7 Å². The highest BCUT2D eigenvalue weighted by Gasteiger charge is 2.04. The van der Waals surface area contributed by atoms with E-state index in [9.17, 15) is 4.79 Å². The molecule has 0 unspecified atom stereocenters. The summed E-state index contributed by atoms with van der Waals surface area (Å²) in [5.41, 5.74) is 0.955. The van der Waals surface area contributed by atoms with E-state index in [-0.39, 0.29) is 12.5 Å². The average Bonchev–Trinajstić information content (AvgIpc) is 2.45. The summed E-state index contributed by atoms with van der Waals surface area (Å²) in [6.07, 6.45) is 3.41. The number of amides is 1. The molecule has 1 aromatic carbocycles. The molecular weight excluding hydrogens is 308 g/mol. The fourth-order valence-corrected chi connectivity index (χ4v) is 1.86. The normalized spacial score (nSPS) is 9.95. The second-order valence-electron chi connectivity index (χ2n) is 3.86. The SMILES string of the molecule is O=C(COc1ccccc1Br)NCc1cccnc1. The first-order valence-corrected chi connectivity index (χ1v) is 6.58. The van der Waals surface area contributed by atoms with Gasteiger partial charge in [0.05, 0.1) is 4.47 Å². The number of hydrogen-bond acceptors (Lipinski definition) is 3. The van der Waals surface area contributed by atoms with E-state index in [2.05, 4.69) is 26.2 Å². The summed E-state index contributed by atoms with van der Waals surface area (Å²) in [5.74, 6) is 0.485. The lowest BCUT2D eigenvalue weighted by molar-refractivity contribution is -0.123. The van der Waals surface area contributed by atoms with Crippen LogP contribution in [0.3, 0.4) is 0 Å². The maximum atomic E-state index is 11.6. The number of nitrogens with zero attached hydrogens (tertiary/aromatic N) is 1. The number of rotatable bonds is 5. The predicted molar refractivity (Wildman–Crippen MR) is 75.7 cm³/mol. The van der Waals surface area contributed by atoms with Crippen LogP contribution in [0.1, 0.15) is 5.56 Å². The molecule has 0 spiro atoms. The highest BCUT2D eigenvalue weighted by molar-refractivity contribution is 9.10. The minimum atomic E-state index is -0.167. The van der Waals surface area contributed by atoms with Crippen LogP contribution < -0.4 is 10.1 Å². The highest BCUT2D eigenvalue weighted by atomic mass is 79.9. The number of carbonyl (C=O) groups excluding carboxylic acids is 1. The molecule has 1 aromatic heterocycles. The molecule has 0 aliphatic heterocycles.